The van der Waals surface area contributed by atoms with Crippen LogP contribution >= 0.6 is 11.3 Å². The first-order chi connectivity index (χ1) is 10.5. The number of hydrogen-bond acceptors (Lipinski definition) is 5. The van der Waals surface area contributed by atoms with Crippen molar-refractivity contribution in [2.45, 2.75) is 13.8 Å². The van der Waals surface area contributed by atoms with Crippen LogP contribution in [-0.2, 0) is 4.74 Å². The molecule has 22 heavy (non-hydrogen) atoms. The quantitative estimate of drug-likeness (QED) is 0.678. The number of carbonyl (C=O) groups is 2. The number of hydrogen-bond donors (Lipinski definition) is 1. The van der Waals surface area contributed by atoms with Gasteiger partial charge in [-0.15, -0.1) is 0 Å². The Kier molecular flexibility index (Phi) is 5.06. The third kappa shape index (κ3) is 3.79. The van der Waals surface area contributed by atoms with Crippen molar-refractivity contribution in [3.05, 3.63) is 58.6 Å². The maximum atomic E-state index is 12.1. The minimum atomic E-state index is -0.467. The van der Waals surface area contributed by atoms with E-state index in [9.17, 15) is 9.59 Å². The van der Waals surface area contributed by atoms with E-state index in [1.165, 1.54) is 6.08 Å². The molecule has 2 rings (SSSR count). The maximum absolute atomic E-state index is 12.1. The lowest BCUT2D eigenvalue weighted by Gasteiger charge is -2.01. The molecule has 1 aromatic carbocycles. The van der Waals surface area contributed by atoms with Crippen molar-refractivity contribution in [3.63, 3.8) is 0 Å². The standard InChI is InChI=1S/C16H16N2O3S/c1-4-9-21-15(20)13-11(3)17-16(22-13)18-14(19)12-7-5-10(2)6-8-12/h4-8H,1,9H2,2-3H3,(H,17,18,19). The van der Waals surface area contributed by atoms with Gasteiger partial charge < -0.3 is 4.74 Å². The second-order valence-electron chi connectivity index (χ2n) is 4.64. The topological polar surface area (TPSA) is 68.3 Å². The number of anilines is 1. The van der Waals surface area contributed by atoms with Gasteiger partial charge in [0.1, 0.15) is 11.5 Å². The fourth-order valence-corrected chi connectivity index (χ4v) is 2.57. The summed E-state index contributed by atoms with van der Waals surface area (Å²) in [7, 11) is 0. The SMILES string of the molecule is C=CCOC(=O)c1sc(NC(=O)c2ccc(C)cc2)nc1C. The highest BCUT2D eigenvalue weighted by atomic mass is 32.1. The number of aryl methyl sites for hydroxylation is 2. The summed E-state index contributed by atoms with van der Waals surface area (Å²) in [4.78, 5) is 28.5. The lowest BCUT2D eigenvalue weighted by atomic mass is 10.1. The van der Waals surface area contributed by atoms with Crippen molar-refractivity contribution in [3.8, 4) is 0 Å². The Hall–Kier alpha value is -2.47. The first-order valence-electron chi connectivity index (χ1n) is 6.64. The lowest BCUT2D eigenvalue weighted by molar-refractivity contribution is 0.0554. The number of rotatable bonds is 5. The van der Waals surface area contributed by atoms with E-state index >= 15 is 0 Å². The van der Waals surface area contributed by atoms with Crippen molar-refractivity contribution in [1.29, 1.82) is 0 Å². The average molecular weight is 316 g/mol. The molecule has 0 radical (unpaired) electrons. The molecule has 2 aromatic rings. The van der Waals surface area contributed by atoms with Crippen LogP contribution in [0.4, 0.5) is 5.13 Å². The largest absolute Gasteiger partial charge is 0.457 e. The van der Waals surface area contributed by atoms with Gasteiger partial charge >= 0.3 is 5.97 Å². The third-order valence-electron chi connectivity index (χ3n) is 2.85. The molecule has 0 fully saturated rings. The number of nitrogens with one attached hydrogen (secondary N) is 1. The Morgan fingerprint density at radius 3 is 2.64 bits per heavy atom. The van der Waals surface area contributed by atoms with Crippen LogP contribution in [-0.4, -0.2) is 23.5 Å². The fraction of sp³-hybridized carbons (Fsp3) is 0.188. The second kappa shape index (κ2) is 7.00. The lowest BCUT2D eigenvalue weighted by Crippen LogP contribution is -2.11. The first kappa shape index (κ1) is 15.9. The van der Waals surface area contributed by atoms with Gasteiger partial charge in [0.15, 0.2) is 5.13 Å². The number of nitrogens with zero attached hydrogens (tertiary/aromatic N) is 1. The van der Waals surface area contributed by atoms with Crippen molar-refractivity contribution in [1.82, 2.24) is 4.98 Å². The molecular weight excluding hydrogens is 300 g/mol. The number of carbonyl (C=O) groups excluding carboxylic acids is 2. The number of ether oxygens (including phenoxy) is 1. The highest BCUT2D eigenvalue weighted by Crippen LogP contribution is 2.24. The van der Waals surface area contributed by atoms with Crippen LogP contribution in [0.25, 0.3) is 0 Å². The molecule has 1 aromatic heterocycles. The zero-order valence-corrected chi connectivity index (χ0v) is 13.2. The molecule has 0 saturated carbocycles. The van der Waals surface area contributed by atoms with E-state index < -0.39 is 5.97 Å². The zero-order chi connectivity index (χ0) is 16.1. The normalized spacial score (nSPS) is 10.1. The molecule has 1 heterocycles. The molecule has 0 aliphatic heterocycles. The van der Waals surface area contributed by atoms with E-state index in [4.69, 9.17) is 4.74 Å². The minimum absolute atomic E-state index is 0.140. The summed E-state index contributed by atoms with van der Waals surface area (Å²) in [5.74, 6) is -0.731. The first-order valence-corrected chi connectivity index (χ1v) is 7.46. The molecule has 0 atom stereocenters. The Morgan fingerprint density at radius 1 is 1.32 bits per heavy atom. The Morgan fingerprint density at radius 2 is 2.00 bits per heavy atom. The number of aromatic nitrogens is 1. The van der Waals surface area contributed by atoms with Gasteiger partial charge in [-0.1, -0.05) is 41.7 Å². The summed E-state index contributed by atoms with van der Waals surface area (Å²) in [6.45, 7) is 7.28. The van der Waals surface area contributed by atoms with E-state index in [1.807, 2.05) is 19.1 Å². The Bertz CT molecular complexity index is 705. The monoisotopic (exact) mass is 316 g/mol. The minimum Gasteiger partial charge on any atom is -0.457 e. The van der Waals surface area contributed by atoms with Gasteiger partial charge in [0.2, 0.25) is 0 Å². The fourth-order valence-electron chi connectivity index (χ4n) is 1.71. The summed E-state index contributed by atoms with van der Waals surface area (Å²) in [5.41, 5.74) is 2.14. The molecule has 1 N–H and O–H groups in total. The Labute approximate surface area is 132 Å². The molecule has 0 spiro atoms. The van der Waals surface area contributed by atoms with Gasteiger partial charge in [-0.3, -0.25) is 10.1 Å². The molecule has 0 bridgehead atoms. The predicted molar refractivity (Wildman–Crippen MR) is 86.5 cm³/mol. The van der Waals surface area contributed by atoms with Crippen LogP contribution in [0.2, 0.25) is 0 Å². The number of thiazole rings is 1. The van der Waals surface area contributed by atoms with Gasteiger partial charge in [-0.25, -0.2) is 9.78 Å². The van der Waals surface area contributed by atoms with Crippen molar-refractivity contribution < 1.29 is 14.3 Å². The van der Waals surface area contributed by atoms with E-state index in [1.54, 1.807) is 19.1 Å². The Balaban J connectivity index is 2.10. The summed E-state index contributed by atoms with van der Waals surface area (Å²) in [6.07, 6.45) is 1.49. The van der Waals surface area contributed by atoms with Crippen LogP contribution in [0.1, 0.15) is 31.3 Å². The van der Waals surface area contributed by atoms with E-state index in [-0.39, 0.29) is 12.5 Å². The van der Waals surface area contributed by atoms with E-state index in [0.29, 0.717) is 21.3 Å². The molecule has 0 unspecified atom stereocenters. The van der Waals surface area contributed by atoms with Crippen molar-refractivity contribution in [2.24, 2.45) is 0 Å². The number of benzene rings is 1. The third-order valence-corrected chi connectivity index (χ3v) is 3.90. The number of esters is 1. The highest BCUT2D eigenvalue weighted by molar-refractivity contribution is 7.17. The van der Waals surface area contributed by atoms with Gasteiger partial charge in [-0.2, -0.15) is 0 Å². The summed E-state index contributed by atoms with van der Waals surface area (Å²) in [6, 6.07) is 7.20. The molecule has 0 aliphatic carbocycles. The van der Waals surface area contributed by atoms with Crippen LogP contribution in [0.3, 0.4) is 0 Å². The smallest absolute Gasteiger partial charge is 0.350 e. The summed E-state index contributed by atoms with van der Waals surface area (Å²) < 4.78 is 4.97. The van der Waals surface area contributed by atoms with Crippen molar-refractivity contribution >= 4 is 28.3 Å². The van der Waals surface area contributed by atoms with Crippen LogP contribution < -0.4 is 5.32 Å². The molecule has 0 saturated heterocycles. The van der Waals surface area contributed by atoms with E-state index in [2.05, 4.69) is 16.9 Å². The van der Waals surface area contributed by atoms with Crippen LogP contribution in [0.5, 0.6) is 0 Å². The van der Waals surface area contributed by atoms with Gasteiger partial charge in [0.25, 0.3) is 5.91 Å². The molecule has 6 heteroatoms. The van der Waals surface area contributed by atoms with Gasteiger partial charge in [-0.05, 0) is 26.0 Å². The van der Waals surface area contributed by atoms with E-state index in [0.717, 1.165) is 16.9 Å². The van der Waals surface area contributed by atoms with Crippen LogP contribution in [0.15, 0.2) is 36.9 Å². The molecule has 0 aliphatic rings. The molecule has 5 nitrogen and oxygen atoms in total. The second-order valence-corrected chi connectivity index (χ2v) is 5.64. The average Bonchev–Trinajstić information content (AvgIpc) is 2.86. The zero-order valence-electron chi connectivity index (χ0n) is 12.4. The van der Waals surface area contributed by atoms with Crippen LogP contribution in [0, 0.1) is 13.8 Å². The van der Waals surface area contributed by atoms with Gasteiger partial charge in [0.05, 0.1) is 5.69 Å². The van der Waals surface area contributed by atoms with Crippen molar-refractivity contribution in [2.75, 3.05) is 11.9 Å². The predicted octanol–water partition coefficient (Wildman–Crippen LogP) is 3.36. The maximum Gasteiger partial charge on any atom is 0.350 e. The molecule has 1 amide bonds. The summed E-state index contributed by atoms with van der Waals surface area (Å²) >= 11 is 1.09. The molecular formula is C16H16N2O3S. The molecule has 114 valence electrons. The number of amides is 1. The summed E-state index contributed by atoms with van der Waals surface area (Å²) in [5, 5.41) is 3.06. The highest BCUT2D eigenvalue weighted by Gasteiger charge is 2.18. The van der Waals surface area contributed by atoms with Gasteiger partial charge in [0, 0.05) is 5.56 Å².